The Hall–Kier alpha value is -2.39. The van der Waals surface area contributed by atoms with Gasteiger partial charge in [-0.15, -0.1) is 12.4 Å². The van der Waals surface area contributed by atoms with E-state index in [4.69, 9.17) is 0 Å². The molecule has 0 aliphatic heterocycles. The first-order valence-electron chi connectivity index (χ1n) is 6.49. The third kappa shape index (κ3) is 1.89. The molecule has 4 heteroatoms. The molecule has 0 amide bonds. The predicted octanol–water partition coefficient (Wildman–Crippen LogP) is 3.93. The maximum absolute atomic E-state index is 11.7. The summed E-state index contributed by atoms with van der Waals surface area (Å²) < 4.78 is 0. The van der Waals surface area contributed by atoms with Crippen LogP contribution in [0.15, 0.2) is 48.5 Å². The van der Waals surface area contributed by atoms with Gasteiger partial charge in [0.2, 0.25) is 0 Å². The number of aromatic nitrogens is 1. The van der Waals surface area contributed by atoms with Gasteiger partial charge in [-0.3, -0.25) is 0 Å². The fraction of sp³-hybridized carbons (Fsp3) is 0.0588. The molecule has 104 valence electrons. The van der Waals surface area contributed by atoms with Gasteiger partial charge >= 0.3 is 5.97 Å². The molecule has 0 saturated heterocycles. The lowest BCUT2D eigenvalue weighted by atomic mass is 10.0. The molecule has 3 aromatic rings. The molecular formula is C17H12ClNO2. The Morgan fingerprint density at radius 1 is 1.05 bits per heavy atom. The summed E-state index contributed by atoms with van der Waals surface area (Å²) in [5.41, 5.74) is 4.97. The van der Waals surface area contributed by atoms with Crippen LogP contribution in [0.3, 0.4) is 0 Å². The molecule has 1 aromatic heterocycles. The summed E-state index contributed by atoms with van der Waals surface area (Å²) in [7, 11) is 0. The summed E-state index contributed by atoms with van der Waals surface area (Å²) in [6.07, 6.45) is 0.644. The Bertz CT molecular complexity index is 874. The molecule has 0 bridgehead atoms. The van der Waals surface area contributed by atoms with Crippen LogP contribution in [-0.2, 0) is 6.42 Å². The van der Waals surface area contributed by atoms with Crippen molar-refractivity contribution in [2.24, 2.45) is 0 Å². The summed E-state index contributed by atoms with van der Waals surface area (Å²) in [5.74, 6) is -0.882. The number of hydrogen-bond acceptors (Lipinski definition) is 2. The molecule has 0 spiro atoms. The van der Waals surface area contributed by atoms with E-state index < -0.39 is 5.97 Å². The number of carboxylic acids is 1. The van der Waals surface area contributed by atoms with E-state index in [1.165, 1.54) is 0 Å². The maximum Gasteiger partial charge on any atom is 0.336 e. The van der Waals surface area contributed by atoms with Crippen LogP contribution in [0.5, 0.6) is 0 Å². The summed E-state index contributed by atoms with van der Waals surface area (Å²) in [4.78, 5) is 16.4. The zero-order valence-electron chi connectivity index (χ0n) is 11.0. The third-order valence-electron chi connectivity index (χ3n) is 3.85. The van der Waals surface area contributed by atoms with Gasteiger partial charge in [-0.2, -0.15) is 0 Å². The highest BCUT2D eigenvalue weighted by Crippen LogP contribution is 2.39. The zero-order valence-corrected chi connectivity index (χ0v) is 11.9. The van der Waals surface area contributed by atoms with Crippen molar-refractivity contribution in [3.8, 4) is 11.3 Å². The Balaban J connectivity index is 0.00000132. The minimum absolute atomic E-state index is 0. The lowest BCUT2D eigenvalue weighted by Gasteiger charge is -2.08. The van der Waals surface area contributed by atoms with Gasteiger partial charge in [0.05, 0.1) is 16.8 Å². The van der Waals surface area contributed by atoms with Crippen LogP contribution in [0.4, 0.5) is 0 Å². The van der Waals surface area contributed by atoms with Crippen molar-refractivity contribution < 1.29 is 9.90 Å². The second-order valence-electron chi connectivity index (χ2n) is 4.97. The van der Waals surface area contributed by atoms with Crippen LogP contribution >= 0.6 is 12.4 Å². The lowest BCUT2D eigenvalue weighted by molar-refractivity contribution is 0.0698. The van der Waals surface area contributed by atoms with Crippen LogP contribution in [0.1, 0.15) is 21.5 Å². The number of rotatable bonds is 1. The van der Waals surface area contributed by atoms with Gasteiger partial charge in [0.15, 0.2) is 0 Å². The first kappa shape index (κ1) is 13.6. The van der Waals surface area contributed by atoms with Crippen LogP contribution in [0.25, 0.3) is 22.2 Å². The van der Waals surface area contributed by atoms with Gasteiger partial charge in [-0.25, -0.2) is 9.78 Å². The molecule has 4 rings (SSSR count). The largest absolute Gasteiger partial charge is 0.478 e. The SMILES string of the molecule is Cl.O=C(O)c1c2c(nc3ccccc13)-c1ccccc1C2. The van der Waals surface area contributed by atoms with Crippen LogP contribution in [-0.4, -0.2) is 16.1 Å². The number of benzene rings is 2. The van der Waals surface area contributed by atoms with Gasteiger partial charge in [0.25, 0.3) is 0 Å². The number of carbonyl (C=O) groups is 1. The Morgan fingerprint density at radius 3 is 2.57 bits per heavy atom. The second-order valence-corrected chi connectivity index (χ2v) is 4.97. The monoisotopic (exact) mass is 297 g/mol. The number of carboxylic acid groups (broad SMARTS) is 1. The van der Waals surface area contributed by atoms with E-state index in [0.29, 0.717) is 17.4 Å². The van der Waals surface area contributed by atoms with Crippen molar-refractivity contribution in [2.75, 3.05) is 0 Å². The first-order valence-corrected chi connectivity index (χ1v) is 6.49. The number of pyridine rings is 1. The number of para-hydroxylation sites is 1. The molecule has 0 saturated carbocycles. The summed E-state index contributed by atoms with van der Waals surface area (Å²) in [5, 5.41) is 10.3. The fourth-order valence-corrected chi connectivity index (χ4v) is 2.99. The molecule has 0 radical (unpaired) electrons. The van der Waals surface area contributed by atoms with E-state index >= 15 is 0 Å². The topological polar surface area (TPSA) is 50.2 Å². The molecule has 1 aliphatic rings. The zero-order chi connectivity index (χ0) is 13.7. The molecule has 0 fully saturated rings. The van der Waals surface area contributed by atoms with E-state index in [-0.39, 0.29) is 12.4 Å². The van der Waals surface area contributed by atoms with Crippen molar-refractivity contribution in [2.45, 2.75) is 6.42 Å². The highest BCUT2D eigenvalue weighted by Gasteiger charge is 2.26. The second kappa shape index (κ2) is 4.86. The normalized spacial score (nSPS) is 11.6. The van der Waals surface area contributed by atoms with Gasteiger partial charge in [0, 0.05) is 17.4 Å². The smallest absolute Gasteiger partial charge is 0.336 e. The van der Waals surface area contributed by atoms with Gasteiger partial charge in [0.1, 0.15) is 0 Å². The molecule has 3 nitrogen and oxygen atoms in total. The lowest BCUT2D eigenvalue weighted by Crippen LogP contribution is -2.04. The number of nitrogens with zero attached hydrogens (tertiary/aromatic N) is 1. The van der Waals surface area contributed by atoms with Crippen LogP contribution in [0, 0.1) is 0 Å². The quantitative estimate of drug-likeness (QED) is 0.579. The van der Waals surface area contributed by atoms with Gasteiger partial charge in [-0.1, -0.05) is 42.5 Å². The Morgan fingerprint density at radius 2 is 1.76 bits per heavy atom. The van der Waals surface area contributed by atoms with Crippen LogP contribution < -0.4 is 0 Å². The average molecular weight is 298 g/mol. The predicted molar refractivity (Wildman–Crippen MR) is 84.2 cm³/mol. The highest BCUT2D eigenvalue weighted by atomic mass is 35.5. The van der Waals surface area contributed by atoms with Gasteiger partial charge < -0.3 is 5.11 Å². The van der Waals surface area contributed by atoms with E-state index in [2.05, 4.69) is 4.98 Å². The van der Waals surface area contributed by atoms with Crippen molar-refractivity contribution in [1.29, 1.82) is 0 Å². The number of aromatic carboxylic acids is 1. The van der Waals surface area contributed by atoms with Crippen molar-refractivity contribution in [3.63, 3.8) is 0 Å². The highest BCUT2D eigenvalue weighted by molar-refractivity contribution is 6.06. The van der Waals surface area contributed by atoms with E-state index in [1.807, 2.05) is 48.5 Å². The number of hydrogen-bond donors (Lipinski definition) is 1. The third-order valence-corrected chi connectivity index (χ3v) is 3.85. The molecule has 2 aromatic carbocycles. The van der Waals surface area contributed by atoms with Gasteiger partial charge in [-0.05, 0) is 17.2 Å². The molecule has 1 N–H and O–H groups in total. The molecule has 0 atom stereocenters. The van der Waals surface area contributed by atoms with Crippen molar-refractivity contribution >= 4 is 29.3 Å². The average Bonchev–Trinajstić information content (AvgIpc) is 2.82. The first-order chi connectivity index (χ1) is 9.75. The van der Waals surface area contributed by atoms with E-state index in [9.17, 15) is 9.90 Å². The molecule has 1 aliphatic carbocycles. The number of halogens is 1. The molecular weight excluding hydrogens is 286 g/mol. The minimum atomic E-state index is -0.882. The molecule has 1 heterocycles. The van der Waals surface area contributed by atoms with E-state index in [0.717, 1.165) is 27.9 Å². The Labute approximate surface area is 127 Å². The van der Waals surface area contributed by atoms with E-state index in [1.54, 1.807) is 0 Å². The Kier molecular flexibility index (Phi) is 3.15. The summed E-state index contributed by atoms with van der Waals surface area (Å²) in [6, 6.07) is 15.4. The van der Waals surface area contributed by atoms with Crippen LogP contribution in [0.2, 0.25) is 0 Å². The van der Waals surface area contributed by atoms with Crippen molar-refractivity contribution in [3.05, 3.63) is 65.2 Å². The summed E-state index contributed by atoms with van der Waals surface area (Å²) >= 11 is 0. The minimum Gasteiger partial charge on any atom is -0.478 e. The van der Waals surface area contributed by atoms with Crippen molar-refractivity contribution in [1.82, 2.24) is 4.98 Å². The molecule has 0 unspecified atom stereocenters. The number of fused-ring (bicyclic) bond motifs is 4. The maximum atomic E-state index is 11.7. The molecule has 21 heavy (non-hydrogen) atoms. The summed E-state index contributed by atoms with van der Waals surface area (Å²) in [6.45, 7) is 0. The fourth-order valence-electron chi connectivity index (χ4n) is 2.99. The standard InChI is InChI=1S/C17H11NO2.ClH/c19-17(20)15-12-7-3-4-8-14(12)18-16-11-6-2-1-5-10(11)9-13(15)16;/h1-8H,9H2,(H,19,20);1H.